The maximum absolute atomic E-state index is 3.54. The SMILES string of the molecule is CCCCCCCC1CCC(C2CCC(CCc3ccc(Br)cc3)CC2)CC1. The molecule has 28 heavy (non-hydrogen) atoms. The van der Waals surface area contributed by atoms with Crippen LogP contribution in [0.15, 0.2) is 28.7 Å². The summed E-state index contributed by atoms with van der Waals surface area (Å²) in [5.41, 5.74) is 1.51. The zero-order chi connectivity index (χ0) is 19.6. The van der Waals surface area contributed by atoms with Gasteiger partial charge in [-0.25, -0.2) is 0 Å². The molecule has 2 saturated carbocycles. The van der Waals surface area contributed by atoms with Crippen LogP contribution < -0.4 is 0 Å². The predicted molar refractivity (Wildman–Crippen MR) is 127 cm³/mol. The number of hydrogen-bond donors (Lipinski definition) is 0. The van der Waals surface area contributed by atoms with E-state index in [0.717, 1.165) is 23.7 Å². The van der Waals surface area contributed by atoms with Gasteiger partial charge in [-0.15, -0.1) is 0 Å². The molecule has 0 nitrogen and oxygen atoms in total. The van der Waals surface area contributed by atoms with Crippen LogP contribution in [-0.2, 0) is 6.42 Å². The molecular formula is C27H43Br. The second-order valence-corrected chi connectivity index (χ2v) is 10.8. The van der Waals surface area contributed by atoms with Gasteiger partial charge in [0.05, 0.1) is 0 Å². The zero-order valence-electron chi connectivity index (χ0n) is 18.3. The Kier molecular flexibility index (Phi) is 9.92. The molecule has 0 aliphatic heterocycles. The van der Waals surface area contributed by atoms with E-state index in [1.165, 1.54) is 87.1 Å². The van der Waals surface area contributed by atoms with Crippen LogP contribution in [-0.4, -0.2) is 0 Å². The summed E-state index contributed by atoms with van der Waals surface area (Å²) in [6.45, 7) is 2.32. The van der Waals surface area contributed by atoms with Crippen LogP contribution >= 0.6 is 15.9 Å². The molecule has 1 heteroatoms. The van der Waals surface area contributed by atoms with Crippen molar-refractivity contribution in [3.63, 3.8) is 0 Å². The fourth-order valence-electron chi connectivity index (χ4n) is 5.96. The molecule has 1 aromatic rings. The van der Waals surface area contributed by atoms with Gasteiger partial charge in [-0.1, -0.05) is 99.2 Å². The van der Waals surface area contributed by atoms with Crippen molar-refractivity contribution in [2.75, 3.05) is 0 Å². The molecule has 2 fully saturated rings. The number of benzene rings is 1. The van der Waals surface area contributed by atoms with Crippen molar-refractivity contribution in [3.05, 3.63) is 34.3 Å². The van der Waals surface area contributed by atoms with E-state index in [1.54, 1.807) is 25.7 Å². The Hall–Kier alpha value is -0.300. The van der Waals surface area contributed by atoms with E-state index in [4.69, 9.17) is 0 Å². The molecule has 0 amide bonds. The lowest BCUT2D eigenvalue weighted by Gasteiger charge is -2.38. The first-order valence-electron chi connectivity index (χ1n) is 12.5. The van der Waals surface area contributed by atoms with E-state index in [9.17, 15) is 0 Å². The van der Waals surface area contributed by atoms with Gasteiger partial charge in [0.2, 0.25) is 0 Å². The summed E-state index contributed by atoms with van der Waals surface area (Å²) in [6, 6.07) is 8.96. The Labute approximate surface area is 183 Å². The Bertz CT molecular complexity index is 518. The van der Waals surface area contributed by atoms with E-state index in [0.29, 0.717) is 0 Å². The number of halogens is 1. The first kappa shape index (κ1) is 22.4. The molecule has 2 aliphatic rings. The largest absolute Gasteiger partial charge is 0.0654 e. The van der Waals surface area contributed by atoms with Gasteiger partial charge >= 0.3 is 0 Å². The van der Waals surface area contributed by atoms with E-state index in [2.05, 4.69) is 47.1 Å². The Morgan fingerprint density at radius 3 is 1.79 bits per heavy atom. The smallest absolute Gasteiger partial charge is 0.0175 e. The third-order valence-corrected chi connectivity index (χ3v) is 8.45. The molecule has 0 radical (unpaired) electrons. The van der Waals surface area contributed by atoms with Crippen molar-refractivity contribution in [2.24, 2.45) is 23.7 Å². The minimum Gasteiger partial charge on any atom is -0.0654 e. The summed E-state index contributed by atoms with van der Waals surface area (Å²) >= 11 is 3.54. The highest BCUT2D eigenvalue weighted by atomic mass is 79.9. The summed E-state index contributed by atoms with van der Waals surface area (Å²) in [7, 11) is 0. The van der Waals surface area contributed by atoms with Gasteiger partial charge in [-0.2, -0.15) is 0 Å². The molecule has 3 rings (SSSR count). The normalized spacial score (nSPS) is 28.4. The maximum Gasteiger partial charge on any atom is 0.0175 e. The van der Waals surface area contributed by atoms with Crippen LogP contribution in [0.5, 0.6) is 0 Å². The standard InChI is InChI=1S/C27H43Br/c1-2-3-4-5-6-7-22-10-16-25(17-11-22)26-18-12-23(13-19-26)8-9-24-14-20-27(28)21-15-24/h14-15,20-23,25-26H,2-13,16-19H2,1H3. The minimum absolute atomic E-state index is 0.986. The lowest BCUT2D eigenvalue weighted by molar-refractivity contribution is 0.140. The molecule has 0 unspecified atom stereocenters. The van der Waals surface area contributed by atoms with Crippen LogP contribution in [0.3, 0.4) is 0 Å². The molecule has 2 aliphatic carbocycles. The van der Waals surface area contributed by atoms with Crippen LogP contribution in [0.2, 0.25) is 0 Å². The fraction of sp³-hybridized carbons (Fsp3) is 0.778. The summed E-state index contributed by atoms with van der Waals surface area (Å²) in [5, 5.41) is 0. The van der Waals surface area contributed by atoms with Gasteiger partial charge in [-0.05, 0) is 79.9 Å². The van der Waals surface area contributed by atoms with Gasteiger partial charge in [0, 0.05) is 4.47 Å². The topological polar surface area (TPSA) is 0 Å². The predicted octanol–water partition coefficient (Wildman–Crippen LogP) is 9.35. The Morgan fingerprint density at radius 2 is 1.21 bits per heavy atom. The van der Waals surface area contributed by atoms with Crippen molar-refractivity contribution in [1.29, 1.82) is 0 Å². The molecule has 0 spiro atoms. The lowest BCUT2D eigenvalue weighted by Crippen LogP contribution is -2.26. The van der Waals surface area contributed by atoms with Crippen LogP contribution in [0.25, 0.3) is 0 Å². The molecule has 158 valence electrons. The summed E-state index contributed by atoms with van der Waals surface area (Å²) in [5.74, 6) is 4.19. The maximum atomic E-state index is 3.54. The van der Waals surface area contributed by atoms with E-state index in [1.807, 2.05) is 0 Å². The van der Waals surface area contributed by atoms with E-state index < -0.39 is 0 Å². The average Bonchev–Trinajstić information content (AvgIpc) is 2.74. The van der Waals surface area contributed by atoms with Gasteiger partial charge < -0.3 is 0 Å². The molecule has 0 heterocycles. The highest BCUT2D eigenvalue weighted by Gasteiger charge is 2.30. The highest BCUT2D eigenvalue weighted by Crippen LogP contribution is 2.43. The van der Waals surface area contributed by atoms with Gasteiger partial charge in [0.1, 0.15) is 0 Å². The van der Waals surface area contributed by atoms with Crippen LogP contribution in [0, 0.1) is 23.7 Å². The number of unbranched alkanes of at least 4 members (excludes halogenated alkanes) is 4. The number of rotatable bonds is 10. The third kappa shape index (κ3) is 7.51. The number of hydrogen-bond acceptors (Lipinski definition) is 0. The average molecular weight is 448 g/mol. The molecule has 0 N–H and O–H groups in total. The third-order valence-electron chi connectivity index (χ3n) is 7.92. The summed E-state index contributed by atoms with van der Waals surface area (Å²) in [4.78, 5) is 0. The second kappa shape index (κ2) is 12.4. The first-order chi connectivity index (χ1) is 13.7. The minimum atomic E-state index is 0.986. The van der Waals surface area contributed by atoms with E-state index in [-0.39, 0.29) is 0 Å². The first-order valence-corrected chi connectivity index (χ1v) is 13.3. The van der Waals surface area contributed by atoms with Gasteiger partial charge in [0.15, 0.2) is 0 Å². The lowest BCUT2D eigenvalue weighted by atomic mass is 9.68. The monoisotopic (exact) mass is 446 g/mol. The Morgan fingerprint density at radius 1 is 0.679 bits per heavy atom. The van der Waals surface area contributed by atoms with Crippen molar-refractivity contribution in [1.82, 2.24) is 0 Å². The Balaban J connectivity index is 1.27. The van der Waals surface area contributed by atoms with Gasteiger partial charge in [0.25, 0.3) is 0 Å². The molecule has 0 aromatic heterocycles. The van der Waals surface area contributed by atoms with Crippen molar-refractivity contribution >= 4 is 15.9 Å². The van der Waals surface area contributed by atoms with Crippen LogP contribution in [0.4, 0.5) is 0 Å². The van der Waals surface area contributed by atoms with E-state index >= 15 is 0 Å². The highest BCUT2D eigenvalue weighted by molar-refractivity contribution is 9.10. The summed E-state index contributed by atoms with van der Waals surface area (Å²) < 4.78 is 1.20. The molecule has 0 bridgehead atoms. The molecular weight excluding hydrogens is 404 g/mol. The quantitative estimate of drug-likeness (QED) is 0.313. The molecule has 1 aromatic carbocycles. The molecule has 0 atom stereocenters. The van der Waals surface area contributed by atoms with Crippen molar-refractivity contribution in [2.45, 2.75) is 110 Å². The van der Waals surface area contributed by atoms with Crippen molar-refractivity contribution in [3.8, 4) is 0 Å². The van der Waals surface area contributed by atoms with Gasteiger partial charge in [-0.3, -0.25) is 0 Å². The fourth-order valence-corrected chi connectivity index (χ4v) is 6.22. The van der Waals surface area contributed by atoms with Crippen molar-refractivity contribution < 1.29 is 0 Å². The summed E-state index contributed by atoms with van der Waals surface area (Å²) in [6.07, 6.45) is 23.7. The molecule has 0 saturated heterocycles. The zero-order valence-corrected chi connectivity index (χ0v) is 19.9. The van der Waals surface area contributed by atoms with Crippen LogP contribution in [0.1, 0.15) is 109 Å². The second-order valence-electron chi connectivity index (χ2n) is 9.93. The number of aryl methyl sites for hydroxylation is 1.